The molecule has 8 bridgehead atoms. The molecule has 3 amide bonds. The van der Waals surface area contributed by atoms with Crippen molar-refractivity contribution in [2.24, 2.45) is 17.3 Å². The maximum atomic E-state index is 14.9. The van der Waals surface area contributed by atoms with E-state index < -0.39 is 63.3 Å². The molecule has 2 aromatic carbocycles. The summed E-state index contributed by atoms with van der Waals surface area (Å²) in [5, 5.41) is 5.50. The SMILES string of the molecule is CCn1c(-c2cc(N3CCN(C4CC4)CC3)cnc2[C@H](C)OC)c2c3cc(ccc31)-c1cc3cc(c1)OC[C@@H]1[C@H](CCN1S(C)(=O)=O)C(=O)N(C)[C@@H](C(C)C)C(=O)N[C@@H](C3)C(=O)N1CCC[C@H](N1)C(=O)OCC(C)(C)C2. The van der Waals surface area contributed by atoms with Crippen molar-refractivity contribution in [3.63, 3.8) is 0 Å². The number of ether oxygens (including phenoxy) is 3. The average molecular weight is 1060 g/mol. The van der Waals surface area contributed by atoms with E-state index in [1.165, 1.54) is 27.1 Å². The first-order valence-electron chi connectivity index (χ1n) is 27.5. The molecule has 4 aromatic rings. The second-order valence-electron chi connectivity index (χ2n) is 23.2. The van der Waals surface area contributed by atoms with Crippen molar-refractivity contribution in [1.29, 1.82) is 0 Å². The van der Waals surface area contributed by atoms with Crippen molar-refractivity contribution in [2.45, 2.75) is 129 Å². The molecule has 410 valence electrons. The molecule has 5 aliphatic heterocycles. The van der Waals surface area contributed by atoms with Crippen LogP contribution >= 0.6 is 0 Å². The van der Waals surface area contributed by atoms with Gasteiger partial charge in [0.25, 0.3) is 5.91 Å². The Hall–Kier alpha value is -5.60. The van der Waals surface area contributed by atoms with Gasteiger partial charge in [0.15, 0.2) is 0 Å². The highest BCUT2D eigenvalue weighted by Crippen LogP contribution is 2.44. The fraction of sp³-hybridized carbons (Fsp3) is 0.596. The molecule has 1 aliphatic carbocycles. The molecule has 6 aliphatic rings. The number of cyclic esters (lactones) is 1. The summed E-state index contributed by atoms with van der Waals surface area (Å²) in [6, 6.07) is 11.4. The van der Waals surface area contributed by atoms with E-state index in [0.29, 0.717) is 43.2 Å². The Labute approximate surface area is 447 Å². The summed E-state index contributed by atoms with van der Waals surface area (Å²) < 4.78 is 49.3. The largest absolute Gasteiger partial charge is 0.492 e. The predicted octanol–water partition coefficient (Wildman–Crippen LogP) is 5.56. The molecule has 76 heavy (non-hydrogen) atoms. The summed E-state index contributed by atoms with van der Waals surface area (Å²) in [5.41, 5.74) is 10.9. The van der Waals surface area contributed by atoms with Gasteiger partial charge in [-0.1, -0.05) is 39.8 Å². The Morgan fingerprint density at radius 3 is 2.34 bits per heavy atom. The quantitative estimate of drug-likeness (QED) is 0.209. The zero-order valence-electron chi connectivity index (χ0n) is 45.8. The number of anilines is 1. The topological polar surface area (TPSA) is 188 Å². The standard InChI is InChI=1S/C57H77N9O9S/c1-10-64-48-16-13-37-28-43(48)45(52(64)44-29-40(31-58-50(44)35(4)73-8)63-22-20-62(21-23-63)39-14-15-39)30-57(5,6)33-75-56(70)46-12-11-18-65(60-46)55(69)47-26-36-24-38(37)27-41(25-36)74-32-49-42(17-19-66(49)76(9,71)72)54(68)61(7)51(34(2)3)53(67)59-47/h13,16,24-25,27-29,31,34-35,39,42,46-47,49,51,60H,10-12,14-15,17-23,26,30,32-33H2,1-9H3,(H,59,67)/t35-,42-,46-,47-,49+,51-/m0/s1. The molecule has 18 nitrogen and oxygen atoms in total. The molecule has 0 radical (unpaired) electrons. The number of methoxy groups -OCH3 is 1. The van der Waals surface area contributed by atoms with E-state index in [0.717, 1.165) is 82.7 Å². The van der Waals surface area contributed by atoms with Crippen molar-refractivity contribution in [3.8, 4) is 28.1 Å². The van der Waals surface area contributed by atoms with Gasteiger partial charge >= 0.3 is 5.97 Å². The van der Waals surface area contributed by atoms with Crippen LogP contribution in [0.1, 0.15) is 96.6 Å². The number of fused-ring (bicyclic) bond motifs is 8. The van der Waals surface area contributed by atoms with E-state index in [1.54, 1.807) is 14.2 Å². The van der Waals surface area contributed by atoms with Crippen LogP contribution in [0.2, 0.25) is 0 Å². The smallest absolute Gasteiger partial charge is 0.324 e. The van der Waals surface area contributed by atoms with Gasteiger partial charge in [0.05, 0.1) is 54.2 Å². The monoisotopic (exact) mass is 1060 g/mol. The van der Waals surface area contributed by atoms with Crippen LogP contribution in [0.25, 0.3) is 33.3 Å². The molecule has 6 atom stereocenters. The van der Waals surface area contributed by atoms with E-state index in [-0.39, 0.29) is 57.1 Å². The number of rotatable bonds is 8. The summed E-state index contributed by atoms with van der Waals surface area (Å²) in [4.78, 5) is 70.1. The number of hydrazine groups is 1. The Morgan fingerprint density at radius 1 is 0.882 bits per heavy atom. The van der Waals surface area contributed by atoms with Gasteiger partial charge in [-0.05, 0) is 111 Å². The highest BCUT2D eigenvalue weighted by molar-refractivity contribution is 7.88. The maximum Gasteiger partial charge on any atom is 0.324 e. The number of hydrogen-bond donors (Lipinski definition) is 2. The lowest BCUT2D eigenvalue weighted by molar-refractivity contribution is -0.155. The minimum Gasteiger partial charge on any atom is -0.492 e. The molecular formula is C57H77N9O9S. The number of amides is 3. The second-order valence-corrected chi connectivity index (χ2v) is 25.2. The first-order chi connectivity index (χ1) is 36.2. The first kappa shape index (κ1) is 53.8. The van der Waals surface area contributed by atoms with Gasteiger partial charge in [-0.15, -0.1) is 0 Å². The summed E-state index contributed by atoms with van der Waals surface area (Å²) >= 11 is 0. The number of aryl methyl sites for hydroxylation is 1. The lowest BCUT2D eigenvalue weighted by Crippen LogP contribution is -2.62. The molecule has 7 heterocycles. The van der Waals surface area contributed by atoms with E-state index in [9.17, 15) is 27.6 Å². The summed E-state index contributed by atoms with van der Waals surface area (Å²) in [6.45, 7) is 17.0. The molecule has 2 N–H and O–H groups in total. The van der Waals surface area contributed by atoms with E-state index >= 15 is 0 Å². The van der Waals surface area contributed by atoms with Crippen molar-refractivity contribution < 1.29 is 41.8 Å². The summed E-state index contributed by atoms with van der Waals surface area (Å²) in [6.07, 6.45) is 7.13. The number of hydrogen-bond acceptors (Lipinski definition) is 13. The van der Waals surface area contributed by atoms with Gasteiger partial charge in [-0.25, -0.2) is 13.8 Å². The lowest BCUT2D eigenvalue weighted by atomic mass is 9.84. The van der Waals surface area contributed by atoms with Crippen LogP contribution in [-0.4, -0.2) is 164 Å². The Bertz CT molecular complexity index is 3000. The van der Waals surface area contributed by atoms with Crippen molar-refractivity contribution in [2.75, 3.05) is 77.8 Å². The molecule has 19 heteroatoms. The zero-order chi connectivity index (χ0) is 54.0. The Balaban J connectivity index is 1.16. The normalized spacial score (nSPS) is 25.8. The number of sulfonamides is 1. The minimum atomic E-state index is -3.76. The number of nitrogens with zero attached hydrogens (tertiary/aromatic N) is 7. The van der Waals surface area contributed by atoms with Crippen LogP contribution in [0.15, 0.2) is 48.7 Å². The molecule has 1 saturated carbocycles. The van der Waals surface area contributed by atoms with Gasteiger partial charge in [0.2, 0.25) is 21.8 Å². The number of benzene rings is 2. The van der Waals surface area contributed by atoms with Gasteiger partial charge in [-0.3, -0.25) is 34.1 Å². The number of piperazine rings is 1. The van der Waals surface area contributed by atoms with Crippen LogP contribution in [0.3, 0.4) is 0 Å². The maximum absolute atomic E-state index is 14.9. The number of pyridine rings is 1. The molecular weight excluding hydrogens is 987 g/mol. The highest BCUT2D eigenvalue weighted by Gasteiger charge is 2.47. The first-order valence-corrected chi connectivity index (χ1v) is 29.3. The molecule has 10 rings (SSSR count). The van der Waals surface area contributed by atoms with Gasteiger partial charge in [0.1, 0.15) is 30.5 Å². The van der Waals surface area contributed by atoms with Crippen LogP contribution in [0, 0.1) is 17.3 Å². The minimum absolute atomic E-state index is 0.0313. The third kappa shape index (κ3) is 10.7. The Morgan fingerprint density at radius 2 is 1.64 bits per heavy atom. The highest BCUT2D eigenvalue weighted by atomic mass is 32.2. The van der Waals surface area contributed by atoms with Gasteiger partial charge in [0, 0.05) is 94.3 Å². The van der Waals surface area contributed by atoms with Crippen molar-refractivity contribution >= 4 is 50.3 Å². The van der Waals surface area contributed by atoms with Gasteiger partial charge in [-0.2, -0.15) is 4.31 Å². The fourth-order valence-corrected chi connectivity index (χ4v) is 13.8. The number of likely N-dealkylation sites (N-methyl/N-ethyl adjacent to an activating group) is 1. The van der Waals surface area contributed by atoms with Crippen molar-refractivity contribution in [3.05, 3.63) is 65.5 Å². The number of carbonyl (C=O) groups excluding carboxylic acids is 4. The van der Waals surface area contributed by atoms with E-state index in [2.05, 4.69) is 70.1 Å². The second kappa shape index (κ2) is 21.3. The molecule has 2 aromatic heterocycles. The fourth-order valence-electron chi connectivity index (χ4n) is 12.6. The third-order valence-electron chi connectivity index (χ3n) is 16.8. The molecule has 4 fully saturated rings. The summed E-state index contributed by atoms with van der Waals surface area (Å²) in [5.74, 6) is -2.57. The number of carbonyl (C=O) groups is 4. The average Bonchev–Trinajstić information content (AvgIpc) is 4.20. The number of aromatic nitrogens is 2. The molecule has 3 saturated heterocycles. The lowest BCUT2D eigenvalue weighted by Gasteiger charge is -2.37. The third-order valence-corrected chi connectivity index (χ3v) is 18.1. The number of esters is 1. The van der Waals surface area contributed by atoms with Crippen molar-refractivity contribution in [1.82, 2.24) is 39.4 Å². The van der Waals surface area contributed by atoms with Gasteiger partial charge < -0.3 is 33.9 Å². The molecule has 0 unspecified atom stereocenters. The predicted molar refractivity (Wildman–Crippen MR) is 291 cm³/mol. The van der Waals surface area contributed by atoms with E-state index in [1.807, 2.05) is 45.2 Å². The summed E-state index contributed by atoms with van der Waals surface area (Å²) in [7, 11) is -0.486. The van der Waals surface area contributed by atoms with Crippen LogP contribution in [-0.2, 0) is 58.1 Å². The Kier molecular flexibility index (Phi) is 15.1. The van der Waals surface area contributed by atoms with E-state index in [4.69, 9.17) is 19.2 Å². The zero-order valence-corrected chi connectivity index (χ0v) is 46.6. The van der Waals surface area contributed by atoms with Crippen LogP contribution in [0.4, 0.5) is 5.69 Å². The number of nitrogens with one attached hydrogen (secondary N) is 2. The van der Waals surface area contributed by atoms with Crippen LogP contribution in [0.5, 0.6) is 5.75 Å². The molecule has 0 spiro atoms. The van der Waals surface area contributed by atoms with Crippen LogP contribution < -0.4 is 20.4 Å².